The molecule has 5 nitrogen and oxygen atoms in total. The molecule has 2 aromatic heterocycles. The predicted molar refractivity (Wildman–Crippen MR) is 92.5 cm³/mol. The van der Waals surface area contributed by atoms with Gasteiger partial charge in [0.2, 0.25) is 0 Å². The van der Waals surface area contributed by atoms with E-state index >= 15 is 0 Å². The summed E-state index contributed by atoms with van der Waals surface area (Å²) in [7, 11) is 0. The first kappa shape index (κ1) is 16.0. The Hall–Kier alpha value is -2.47. The average molecular weight is 341 g/mol. The van der Waals surface area contributed by atoms with Gasteiger partial charge in [0.25, 0.3) is 5.56 Å². The molecule has 0 unspecified atom stereocenters. The minimum Gasteiger partial charge on any atom is -0.378 e. The Labute approximate surface area is 144 Å². The van der Waals surface area contributed by atoms with Crippen LogP contribution in [0.4, 0.5) is 4.39 Å². The van der Waals surface area contributed by atoms with E-state index in [-0.39, 0.29) is 23.4 Å². The molecular weight excluding hydrogens is 321 g/mol. The normalized spacial score (nSPS) is 20.4. The van der Waals surface area contributed by atoms with Crippen LogP contribution in [0.3, 0.4) is 0 Å². The number of aromatic nitrogens is 3. The SMILES string of the molecule is Cc1cn2c([C@@H]3CCO[C@@H]3C)ncc2c(=O)n1Cc1cccc(F)c1. The van der Waals surface area contributed by atoms with E-state index in [0.717, 1.165) is 30.1 Å². The van der Waals surface area contributed by atoms with Crippen LogP contribution in [0.25, 0.3) is 5.52 Å². The third-order valence-corrected chi connectivity index (χ3v) is 4.97. The van der Waals surface area contributed by atoms with Gasteiger partial charge < -0.3 is 9.30 Å². The van der Waals surface area contributed by atoms with Crippen LogP contribution in [0.5, 0.6) is 0 Å². The quantitative estimate of drug-likeness (QED) is 0.736. The van der Waals surface area contributed by atoms with E-state index in [9.17, 15) is 9.18 Å². The number of aryl methyl sites for hydroxylation is 1. The Balaban J connectivity index is 1.79. The zero-order valence-corrected chi connectivity index (χ0v) is 14.3. The van der Waals surface area contributed by atoms with E-state index in [4.69, 9.17) is 4.74 Å². The van der Waals surface area contributed by atoms with Gasteiger partial charge in [-0.05, 0) is 38.0 Å². The molecule has 0 N–H and O–H groups in total. The van der Waals surface area contributed by atoms with Crippen LogP contribution in [0, 0.1) is 12.7 Å². The summed E-state index contributed by atoms with van der Waals surface area (Å²) in [6, 6.07) is 6.33. The van der Waals surface area contributed by atoms with Gasteiger partial charge in [0.1, 0.15) is 17.2 Å². The van der Waals surface area contributed by atoms with Crippen molar-refractivity contribution >= 4 is 5.52 Å². The van der Waals surface area contributed by atoms with Crippen LogP contribution in [-0.4, -0.2) is 26.7 Å². The number of rotatable bonds is 3. The molecule has 0 spiro atoms. The van der Waals surface area contributed by atoms with Gasteiger partial charge in [0.05, 0.1) is 18.8 Å². The van der Waals surface area contributed by atoms with Crippen molar-refractivity contribution in [3.63, 3.8) is 0 Å². The van der Waals surface area contributed by atoms with Gasteiger partial charge in [0, 0.05) is 24.4 Å². The highest BCUT2D eigenvalue weighted by Gasteiger charge is 2.29. The number of imidazole rings is 1. The Kier molecular flexibility index (Phi) is 3.92. The van der Waals surface area contributed by atoms with Crippen molar-refractivity contribution in [2.75, 3.05) is 6.61 Å². The maximum atomic E-state index is 13.4. The van der Waals surface area contributed by atoms with E-state index in [1.165, 1.54) is 12.1 Å². The van der Waals surface area contributed by atoms with Crippen molar-refractivity contribution in [3.05, 3.63) is 69.9 Å². The fraction of sp³-hybridized carbons (Fsp3) is 0.368. The van der Waals surface area contributed by atoms with Crippen molar-refractivity contribution in [3.8, 4) is 0 Å². The molecule has 0 bridgehead atoms. The van der Waals surface area contributed by atoms with Gasteiger partial charge in [-0.25, -0.2) is 9.37 Å². The summed E-state index contributed by atoms with van der Waals surface area (Å²) in [5.41, 5.74) is 1.99. The molecule has 2 atom stereocenters. The molecule has 0 saturated carbocycles. The smallest absolute Gasteiger partial charge is 0.276 e. The van der Waals surface area contributed by atoms with Gasteiger partial charge in [-0.2, -0.15) is 0 Å². The maximum absolute atomic E-state index is 13.4. The molecule has 130 valence electrons. The molecule has 6 heteroatoms. The summed E-state index contributed by atoms with van der Waals surface area (Å²) < 4.78 is 22.6. The lowest BCUT2D eigenvalue weighted by Gasteiger charge is -2.15. The molecule has 25 heavy (non-hydrogen) atoms. The lowest BCUT2D eigenvalue weighted by molar-refractivity contribution is 0.117. The average Bonchev–Trinajstić information content (AvgIpc) is 3.17. The highest BCUT2D eigenvalue weighted by atomic mass is 19.1. The minimum absolute atomic E-state index is 0.0978. The Morgan fingerprint density at radius 1 is 1.40 bits per heavy atom. The molecule has 3 aromatic rings. The summed E-state index contributed by atoms with van der Waals surface area (Å²) in [6.45, 7) is 4.98. The summed E-state index contributed by atoms with van der Waals surface area (Å²) in [5.74, 6) is 0.768. The standard InChI is InChI=1S/C19H20FN3O2/c1-12-10-23-17(9-21-18(23)16-6-7-25-13(16)2)19(24)22(12)11-14-4-3-5-15(20)8-14/h3-5,8-10,13,16H,6-7,11H2,1-2H3/t13-,16-/m1/s1. The second-order valence-corrected chi connectivity index (χ2v) is 6.63. The third kappa shape index (κ3) is 2.76. The zero-order valence-electron chi connectivity index (χ0n) is 14.3. The molecule has 4 rings (SSSR count). The van der Waals surface area contributed by atoms with Crippen molar-refractivity contribution in [2.24, 2.45) is 0 Å². The second-order valence-electron chi connectivity index (χ2n) is 6.63. The van der Waals surface area contributed by atoms with Crippen LogP contribution < -0.4 is 5.56 Å². The van der Waals surface area contributed by atoms with E-state index in [0.29, 0.717) is 12.1 Å². The second kappa shape index (κ2) is 6.11. The molecule has 0 amide bonds. The molecule has 3 heterocycles. The van der Waals surface area contributed by atoms with Gasteiger partial charge >= 0.3 is 0 Å². The van der Waals surface area contributed by atoms with E-state index in [1.807, 2.05) is 30.5 Å². The van der Waals surface area contributed by atoms with Crippen molar-refractivity contribution in [1.29, 1.82) is 0 Å². The molecule has 1 aromatic carbocycles. The van der Waals surface area contributed by atoms with Crippen LogP contribution in [0.2, 0.25) is 0 Å². The van der Waals surface area contributed by atoms with E-state index in [2.05, 4.69) is 4.98 Å². The summed E-state index contributed by atoms with van der Waals surface area (Å²) in [6.07, 6.45) is 4.57. The molecular formula is C19H20FN3O2. The summed E-state index contributed by atoms with van der Waals surface area (Å²) in [5, 5.41) is 0. The monoisotopic (exact) mass is 341 g/mol. The van der Waals surface area contributed by atoms with E-state index < -0.39 is 0 Å². The summed E-state index contributed by atoms with van der Waals surface area (Å²) >= 11 is 0. The number of halogens is 1. The lowest BCUT2D eigenvalue weighted by atomic mass is 10.0. The Morgan fingerprint density at radius 3 is 2.96 bits per heavy atom. The predicted octanol–water partition coefficient (Wildman–Crippen LogP) is 2.88. The molecule has 1 aliphatic heterocycles. The Morgan fingerprint density at radius 2 is 2.24 bits per heavy atom. The number of nitrogens with zero attached hydrogens (tertiary/aromatic N) is 3. The zero-order chi connectivity index (χ0) is 17.6. The molecule has 1 fully saturated rings. The summed E-state index contributed by atoms with van der Waals surface area (Å²) in [4.78, 5) is 17.4. The van der Waals surface area contributed by atoms with Gasteiger partial charge in [0.15, 0.2) is 0 Å². The van der Waals surface area contributed by atoms with Crippen molar-refractivity contribution in [2.45, 2.75) is 38.8 Å². The third-order valence-electron chi connectivity index (χ3n) is 4.97. The van der Waals surface area contributed by atoms with Crippen molar-refractivity contribution < 1.29 is 9.13 Å². The Bertz CT molecular complexity index is 992. The first-order valence-corrected chi connectivity index (χ1v) is 8.48. The molecule has 1 aliphatic rings. The number of hydrogen-bond donors (Lipinski definition) is 0. The largest absolute Gasteiger partial charge is 0.378 e. The fourth-order valence-electron chi connectivity index (χ4n) is 3.58. The number of hydrogen-bond acceptors (Lipinski definition) is 3. The first-order valence-electron chi connectivity index (χ1n) is 8.48. The maximum Gasteiger partial charge on any atom is 0.276 e. The van der Waals surface area contributed by atoms with Gasteiger partial charge in [-0.1, -0.05) is 12.1 Å². The number of fused-ring (bicyclic) bond motifs is 1. The molecule has 1 saturated heterocycles. The fourth-order valence-corrected chi connectivity index (χ4v) is 3.58. The van der Waals surface area contributed by atoms with Gasteiger partial charge in [-0.15, -0.1) is 0 Å². The van der Waals surface area contributed by atoms with Crippen molar-refractivity contribution in [1.82, 2.24) is 14.0 Å². The van der Waals surface area contributed by atoms with Crippen LogP contribution in [0.1, 0.15) is 36.3 Å². The van der Waals surface area contributed by atoms with E-state index in [1.54, 1.807) is 16.8 Å². The highest BCUT2D eigenvalue weighted by molar-refractivity contribution is 5.45. The molecule has 0 radical (unpaired) electrons. The topological polar surface area (TPSA) is 48.5 Å². The lowest BCUT2D eigenvalue weighted by Crippen LogP contribution is -2.25. The first-order chi connectivity index (χ1) is 12.0. The highest BCUT2D eigenvalue weighted by Crippen LogP contribution is 2.30. The van der Waals surface area contributed by atoms with Crippen LogP contribution in [0.15, 0.2) is 41.5 Å². The molecule has 0 aliphatic carbocycles. The van der Waals surface area contributed by atoms with Gasteiger partial charge in [-0.3, -0.25) is 9.20 Å². The minimum atomic E-state index is -0.300. The number of ether oxygens (including phenoxy) is 1. The number of benzene rings is 1. The van der Waals surface area contributed by atoms with Crippen LogP contribution in [-0.2, 0) is 11.3 Å². The van der Waals surface area contributed by atoms with Crippen LogP contribution >= 0.6 is 0 Å².